The summed E-state index contributed by atoms with van der Waals surface area (Å²) in [5, 5.41) is 0. The Morgan fingerprint density at radius 3 is 2.31 bits per heavy atom. The van der Waals surface area contributed by atoms with Gasteiger partial charge in [0.25, 0.3) is 5.91 Å². The summed E-state index contributed by atoms with van der Waals surface area (Å²) >= 11 is 0. The smallest absolute Gasteiger partial charge is 0.310 e. The van der Waals surface area contributed by atoms with Gasteiger partial charge in [0.1, 0.15) is 6.61 Å². The van der Waals surface area contributed by atoms with Gasteiger partial charge >= 0.3 is 5.97 Å². The van der Waals surface area contributed by atoms with Crippen LogP contribution in [0.3, 0.4) is 0 Å². The average molecular weight is 412 g/mol. The molecule has 0 aromatic carbocycles. The molecule has 0 radical (unpaired) electrons. The van der Waals surface area contributed by atoms with Gasteiger partial charge in [-0.25, -0.2) is 0 Å². The van der Waals surface area contributed by atoms with Crippen LogP contribution in [0.25, 0.3) is 0 Å². The second-order valence-corrected chi connectivity index (χ2v) is 9.22. The highest BCUT2D eigenvalue weighted by Gasteiger charge is 2.63. The van der Waals surface area contributed by atoms with E-state index in [1.165, 1.54) is 13.8 Å². The molecule has 2 saturated heterocycles. The van der Waals surface area contributed by atoms with Gasteiger partial charge in [0.2, 0.25) is 17.3 Å². The van der Waals surface area contributed by atoms with Crippen LogP contribution in [0.5, 0.6) is 0 Å². The Balaban J connectivity index is 2.21. The summed E-state index contributed by atoms with van der Waals surface area (Å²) in [6.07, 6.45) is 0.328. The molecule has 29 heavy (non-hydrogen) atoms. The predicted molar refractivity (Wildman–Crippen MR) is 103 cm³/mol. The summed E-state index contributed by atoms with van der Waals surface area (Å²) in [6, 6.07) is 0. The first-order chi connectivity index (χ1) is 13.3. The number of hydrogen-bond donors (Lipinski definition) is 1. The van der Waals surface area contributed by atoms with E-state index in [0.29, 0.717) is 32.7 Å². The number of esters is 1. The molecule has 9 nitrogen and oxygen atoms in total. The van der Waals surface area contributed by atoms with Crippen molar-refractivity contribution < 1.29 is 33.4 Å². The summed E-state index contributed by atoms with van der Waals surface area (Å²) in [5.74, 6) is -3.09. The molecule has 0 bridgehead atoms. The van der Waals surface area contributed by atoms with Crippen molar-refractivity contribution in [3.63, 3.8) is 0 Å². The number of ether oxygens (including phenoxy) is 3. The number of primary amides is 1. The zero-order valence-corrected chi connectivity index (χ0v) is 17.9. The molecule has 0 aromatic heterocycles. The Labute approximate surface area is 171 Å². The van der Waals surface area contributed by atoms with Crippen LogP contribution in [0.2, 0.25) is 0 Å². The number of carbonyl (C=O) groups is 4. The summed E-state index contributed by atoms with van der Waals surface area (Å²) in [7, 11) is 0. The maximum Gasteiger partial charge on any atom is 0.310 e. The zero-order valence-electron chi connectivity index (χ0n) is 17.9. The predicted octanol–water partition coefficient (Wildman–Crippen LogP) is 0.433. The minimum Gasteiger partial charge on any atom is -0.447 e. The lowest BCUT2D eigenvalue weighted by molar-refractivity contribution is -0.187. The van der Waals surface area contributed by atoms with Crippen molar-refractivity contribution in [1.29, 1.82) is 0 Å². The fourth-order valence-electron chi connectivity index (χ4n) is 3.63. The average Bonchev–Trinajstić information content (AvgIpc) is 2.86. The number of carbonyl (C=O) groups excluding carboxylic acids is 4. The molecule has 0 aliphatic carbocycles. The zero-order chi connectivity index (χ0) is 22.0. The summed E-state index contributed by atoms with van der Waals surface area (Å²) in [4.78, 5) is 51.8. The molecular weight excluding hydrogens is 380 g/mol. The number of morpholine rings is 1. The SMILES string of the molecule is CC(C)(C)CC(CC(=O)N1CCOCC1)C(=O)OC1(C)C(=O)COC1(C)C(N)=O. The molecule has 2 amide bonds. The Kier molecular flexibility index (Phi) is 6.74. The Morgan fingerprint density at radius 2 is 1.79 bits per heavy atom. The molecule has 0 saturated carbocycles. The third-order valence-electron chi connectivity index (χ3n) is 5.69. The normalized spacial score (nSPS) is 28.9. The van der Waals surface area contributed by atoms with Gasteiger partial charge in [-0.1, -0.05) is 20.8 Å². The fraction of sp³-hybridized carbons (Fsp3) is 0.800. The molecule has 2 heterocycles. The highest BCUT2D eigenvalue weighted by molar-refractivity contribution is 6.02. The summed E-state index contributed by atoms with van der Waals surface area (Å²) in [6.45, 7) is 10.0. The minimum absolute atomic E-state index is 0.0471. The number of amides is 2. The lowest BCUT2D eigenvalue weighted by Crippen LogP contribution is -2.60. The van der Waals surface area contributed by atoms with Crippen LogP contribution < -0.4 is 5.73 Å². The van der Waals surface area contributed by atoms with E-state index in [4.69, 9.17) is 19.9 Å². The third-order valence-corrected chi connectivity index (χ3v) is 5.69. The lowest BCUT2D eigenvalue weighted by atomic mass is 9.81. The van der Waals surface area contributed by atoms with Crippen molar-refractivity contribution >= 4 is 23.6 Å². The van der Waals surface area contributed by atoms with Gasteiger partial charge in [0.15, 0.2) is 5.60 Å². The number of rotatable bonds is 6. The Bertz CT molecular complexity index is 681. The second kappa shape index (κ2) is 8.39. The molecular formula is C20H32N2O7. The van der Waals surface area contributed by atoms with Crippen molar-refractivity contribution in [2.45, 2.75) is 58.7 Å². The van der Waals surface area contributed by atoms with E-state index < -0.39 is 34.8 Å². The molecule has 3 unspecified atom stereocenters. The highest BCUT2D eigenvalue weighted by atomic mass is 16.6. The molecule has 2 rings (SSSR count). The van der Waals surface area contributed by atoms with Crippen LogP contribution in [0.4, 0.5) is 0 Å². The van der Waals surface area contributed by atoms with E-state index >= 15 is 0 Å². The molecule has 164 valence electrons. The fourth-order valence-corrected chi connectivity index (χ4v) is 3.63. The molecule has 2 fully saturated rings. The first-order valence-corrected chi connectivity index (χ1v) is 9.86. The second-order valence-electron chi connectivity index (χ2n) is 9.22. The highest BCUT2D eigenvalue weighted by Crippen LogP contribution is 2.38. The van der Waals surface area contributed by atoms with Gasteiger partial charge in [-0.15, -0.1) is 0 Å². The molecule has 9 heteroatoms. The van der Waals surface area contributed by atoms with Crippen LogP contribution in [-0.2, 0) is 33.4 Å². The van der Waals surface area contributed by atoms with Crippen molar-refractivity contribution in [1.82, 2.24) is 4.90 Å². The quantitative estimate of drug-likeness (QED) is 0.627. The first-order valence-electron chi connectivity index (χ1n) is 9.86. The van der Waals surface area contributed by atoms with Crippen LogP contribution in [0, 0.1) is 11.3 Å². The van der Waals surface area contributed by atoms with Gasteiger partial charge in [-0.3, -0.25) is 19.2 Å². The van der Waals surface area contributed by atoms with Gasteiger partial charge in [-0.05, 0) is 25.7 Å². The minimum atomic E-state index is -1.84. The monoisotopic (exact) mass is 412 g/mol. The van der Waals surface area contributed by atoms with Crippen LogP contribution in [-0.4, -0.2) is 72.6 Å². The number of nitrogens with two attached hydrogens (primary N) is 1. The van der Waals surface area contributed by atoms with Crippen LogP contribution >= 0.6 is 0 Å². The van der Waals surface area contributed by atoms with E-state index in [9.17, 15) is 19.2 Å². The van der Waals surface area contributed by atoms with E-state index in [1.807, 2.05) is 20.8 Å². The largest absolute Gasteiger partial charge is 0.447 e. The summed E-state index contributed by atoms with van der Waals surface area (Å²) in [5.41, 5.74) is 1.55. The van der Waals surface area contributed by atoms with E-state index in [0.717, 1.165) is 0 Å². The number of nitrogens with zero attached hydrogens (tertiary/aromatic N) is 1. The van der Waals surface area contributed by atoms with Gasteiger partial charge in [0, 0.05) is 19.5 Å². The van der Waals surface area contributed by atoms with Crippen LogP contribution in [0.1, 0.15) is 47.5 Å². The Hall–Kier alpha value is -2.00. The topological polar surface area (TPSA) is 125 Å². The van der Waals surface area contributed by atoms with Crippen molar-refractivity contribution in [2.24, 2.45) is 17.1 Å². The van der Waals surface area contributed by atoms with E-state index in [-0.39, 0.29) is 24.3 Å². The van der Waals surface area contributed by atoms with Gasteiger partial charge in [-0.2, -0.15) is 0 Å². The molecule has 0 spiro atoms. The Morgan fingerprint density at radius 1 is 1.21 bits per heavy atom. The number of ketones is 1. The summed E-state index contributed by atoms with van der Waals surface area (Å²) < 4.78 is 16.1. The maximum absolute atomic E-state index is 13.1. The number of hydrogen-bond acceptors (Lipinski definition) is 7. The van der Waals surface area contributed by atoms with Crippen molar-refractivity contribution in [3.05, 3.63) is 0 Å². The molecule has 2 aliphatic rings. The van der Waals surface area contributed by atoms with E-state index in [1.54, 1.807) is 4.90 Å². The van der Waals surface area contributed by atoms with Crippen LogP contribution in [0.15, 0.2) is 0 Å². The maximum atomic E-state index is 13.1. The van der Waals surface area contributed by atoms with E-state index in [2.05, 4.69) is 0 Å². The lowest BCUT2D eigenvalue weighted by Gasteiger charge is -2.36. The van der Waals surface area contributed by atoms with Crippen molar-refractivity contribution in [3.8, 4) is 0 Å². The molecule has 2 aliphatic heterocycles. The number of Topliss-reactive ketones (excluding diaryl/α,β-unsaturated/α-hetero) is 1. The molecule has 2 N–H and O–H groups in total. The van der Waals surface area contributed by atoms with Gasteiger partial charge in [0.05, 0.1) is 19.1 Å². The standard InChI is InChI=1S/C20H32N2O7/c1-18(2,3)11-13(10-15(24)22-6-8-27-9-7-22)16(25)29-19(4)14(23)12-28-20(19,5)17(21)26/h13H,6-12H2,1-5H3,(H2,21,26). The third kappa shape index (κ3) is 4.95. The first kappa shape index (κ1) is 23.3. The van der Waals surface area contributed by atoms with Crippen molar-refractivity contribution in [2.75, 3.05) is 32.9 Å². The molecule has 0 aromatic rings. The molecule has 3 atom stereocenters. The van der Waals surface area contributed by atoms with Gasteiger partial charge < -0.3 is 24.8 Å².